The minimum atomic E-state index is 0.629. The molecule has 3 rings (SSSR count). The van der Waals surface area contributed by atoms with Crippen LogP contribution in [-0.4, -0.2) is 23.3 Å². The molecule has 1 aromatic carbocycles. The maximum atomic E-state index is 5.77. The first-order chi connectivity index (χ1) is 8.85. The van der Waals surface area contributed by atoms with Gasteiger partial charge in [-0.15, -0.1) is 0 Å². The third kappa shape index (κ3) is 2.54. The van der Waals surface area contributed by atoms with Gasteiger partial charge in [-0.3, -0.25) is 0 Å². The highest BCUT2D eigenvalue weighted by atomic mass is 32.2. The topological polar surface area (TPSA) is 38.1 Å². The first kappa shape index (κ1) is 12.1. The molecule has 1 N–H and O–H groups in total. The van der Waals surface area contributed by atoms with Gasteiger partial charge in [0.1, 0.15) is 5.52 Å². The molecule has 0 bridgehead atoms. The van der Waals surface area contributed by atoms with Gasteiger partial charge in [-0.2, -0.15) is 0 Å². The van der Waals surface area contributed by atoms with Crippen molar-refractivity contribution in [2.75, 3.05) is 7.05 Å². The van der Waals surface area contributed by atoms with E-state index in [0.717, 1.165) is 16.3 Å². The number of thioether (sulfide) groups is 1. The molecule has 1 heterocycles. The summed E-state index contributed by atoms with van der Waals surface area (Å²) in [6.07, 6.45) is 5.06. The number of oxazole rings is 1. The van der Waals surface area contributed by atoms with Crippen molar-refractivity contribution in [2.24, 2.45) is 0 Å². The minimum Gasteiger partial charge on any atom is -0.431 e. The smallest absolute Gasteiger partial charge is 0.257 e. The maximum absolute atomic E-state index is 5.77. The van der Waals surface area contributed by atoms with Gasteiger partial charge in [0.15, 0.2) is 5.58 Å². The number of rotatable bonds is 3. The fraction of sp³-hybridized carbons (Fsp3) is 0.500. The third-order valence-corrected chi connectivity index (χ3v) is 4.71. The van der Waals surface area contributed by atoms with Gasteiger partial charge in [-0.1, -0.05) is 30.3 Å². The summed E-state index contributed by atoms with van der Waals surface area (Å²) in [7, 11) is 2.05. The summed E-state index contributed by atoms with van der Waals surface area (Å²) in [5, 5.41) is 4.83. The van der Waals surface area contributed by atoms with Crippen molar-refractivity contribution in [1.29, 1.82) is 0 Å². The van der Waals surface area contributed by atoms with Gasteiger partial charge in [0.2, 0.25) is 0 Å². The van der Waals surface area contributed by atoms with Crippen LogP contribution in [0.1, 0.15) is 25.7 Å². The Morgan fingerprint density at radius 3 is 3.06 bits per heavy atom. The average molecular weight is 262 g/mol. The van der Waals surface area contributed by atoms with Gasteiger partial charge < -0.3 is 9.73 Å². The first-order valence-electron chi connectivity index (χ1n) is 6.54. The number of fused-ring (bicyclic) bond motifs is 1. The predicted octanol–water partition coefficient (Wildman–Crippen LogP) is 3.45. The number of aromatic nitrogens is 1. The molecule has 0 spiro atoms. The highest BCUT2D eigenvalue weighted by molar-refractivity contribution is 7.99. The average Bonchev–Trinajstić information content (AvgIpc) is 2.81. The molecule has 4 heteroatoms. The normalized spacial score (nSPS) is 24.5. The monoisotopic (exact) mass is 262 g/mol. The molecule has 1 fully saturated rings. The van der Waals surface area contributed by atoms with Crippen LogP contribution in [0, 0.1) is 0 Å². The Bertz CT molecular complexity index is 492. The van der Waals surface area contributed by atoms with E-state index in [1.165, 1.54) is 25.7 Å². The molecule has 1 aliphatic rings. The highest BCUT2D eigenvalue weighted by Crippen LogP contribution is 2.34. The quantitative estimate of drug-likeness (QED) is 0.919. The predicted molar refractivity (Wildman–Crippen MR) is 75.0 cm³/mol. The number of nitrogens with zero attached hydrogens (tertiary/aromatic N) is 1. The lowest BCUT2D eigenvalue weighted by Crippen LogP contribution is -2.32. The Morgan fingerprint density at radius 1 is 1.33 bits per heavy atom. The Balaban J connectivity index is 1.71. The standard InChI is InChI=1S/C14H18N2OS/c1-15-10-5-4-6-11(9-10)18-14-16-12-7-2-3-8-13(12)17-14/h2-3,7-8,10-11,15H,4-6,9H2,1H3. The largest absolute Gasteiger partial charge is 0.431 e. The second-order valence-electron chi connectivity index (χ2n) is 4.84. The molecule has 3 nitrogen and oxygen atoms in total. The van der Waals surface area contributed by atoms with Crippen LogP contribution in [-0.2, 0) is 0 Å². The van der Waals surface area contributed by atoms with E-state index in [-0.39, 0.29) is 0 Å². The molecule has 2 aromatic rings. The minimum absolute atomic E-state index is 0.629. The van der Waals surface area contributed by atoms with Crippen LogP contribution >= 0.6 is 11.8 Å². The van der Waals surface area contributed by atoms with Crippen molar-refractivity contribution >= 4 is 22.9 Å². The van der Waals surface area contributed by atoms with Crippen molar-refractivity contribution in [3.8, 4) is 0 Å². The van der Waals surface area contributed by atoms with E-state index >= 15 is 0 Å². The summed E-state index contributed by atoms with van der Waals surface area (Å²) in [5.41, 5.74) is 1.85. The van der Waals surface area contributed by atoms with E-state index in [0.29, 0.717) is 11.3 Å². The lowest BCUT2D eigenvalue weighted by molar-refractivity contribution is 0.399. The molecule has 0 radical (unpaired) electrons. The zero-order valence-corrected chi connectivity index (χ0v) is 11.4. The summed E-state index contributed by atoms with van der Waals surface area (Å²) in [5.74, 6) is 0. The maximum Gasteiger partial charge on any atom is 0.257 e. The zero-order valence-electron chi connectivity index (χ0n) is 10.6. The molecule has 18 heavy (non-hydrogen) atoms. The van der Waals surface area contributed by atoms with Gasteiger partial charge in [0, 0.05) is 11.3 Å². The number of nitrogens with one attached hydrogen (secondary N) is 1. The lowest BCUT2D eigenvalue weighted by atomic mass is 9.95. The van der Waals surface area contributed by atoms with Crippen molar-refractivity contribution in [2.45, 2.75) is 42.2 Å². The molecule has 0 saturated heterocycles. The van der Waals surface area contributed by atoms with Crippen LogP contribution in [0.4, 0.5) is 0 Å². The Morgan fingerprint density at radius 2 is 2.22 bits per heavy atom. The summed E-state index contributed by atoms with van der Waals surface area (Å²) in [4.78, 5) is 4.53. The molecule has 2 unspecified atom stereocenters. The molecule has 1 aliphatic carbocycles. The molecular weight excluding hydrogens is 244 g/mol. The van der Waals surface area contributed by atoms with E-state index in [1.54, 1.807) is 11.8 Å². The molecule has 0 aliphatic heterocycles. The third-order valence-electron chi connectivity index (χ3n) is 3.58. The van der Waals surface area contributed by atoms with Gasteiger partial charge in [0.25, 0.3) is 5.22 Å². The van der Waals surface area contributed by atoms with E-state index in [2.05, 4.69) is 17.3 Å². The SMILES string of the molecule is CNC1CCCC(Sc2nc3ccccc3o2)C1. The Hall–Kier alpha value is -1.00. The van der Waals surface area contributed by atoms with E-state index in [4.69, 9.17) is 4.42 Å². The summed E-state index contributed by atoms with van der Waals surface area (Å²) >= 11 is 1.79. The lowest BCUT2D eigenvalue weighted by Gasteiger charge is -2.27. The molecule has 0 amide bonds. The van der Waals surface area contributed by atoms with Crippen molar-refractivity contribution < 1.29 is 4.42 Å². The van der Waals surface area contributed by atoms with Crippen LogP contribution in [0.2, 0.25) is 0 Å². The fourth-order valence-electron chi connectivity index (χ4n) is 2.56. The van der Waals surface area contributed by atoms with E-state index in [1.807, 2.05) is 24.3 Å². The van der Waals surface area contributed by atoms with Crippen molar-refractivity contribution in [1.82, 2.24) is 10.3 Å². The molecule has 96 valence electrons. The summed E-state index contributed by atoms with van der Waals surface area (Å²) in [6, 6.07) is 8.61. The summed E-state index contributed by atoms with van der Waals surface area (Å²) < 4.78 is 5.77. The second kappa shape index (κ2) is 5.33. The van der Waals surface area contributed by atoms with Crippen LogP contribution < -0.4 is 5.32 Å². The first-order valence-corrected chi connectivity index (χ1v) is 7.42. The van der Waals surface area contributed by atoms with Gasteiger partial charge >= 0.3 is 0 Å². The van der Waals surface area contributed by atoms with E-state index in [9.17, 15) is 0 Å². The molecule has 1 saturated carbocycles. The number of benzene rings is 1. The number of hydrogen-bond acceptors (Lipinski definition) is 4. The molecule has 1 aromatic heterocycles. The van der Waals surface area contributed by atoms with Crippen LogP contribution in [0.15, 0.2) is 33.9 Å². The Labute approximate surface area is 111 Å². The molecular formula is C14H18N2OS. The van der Waals surface area contributed by atoms with Crippen molar-refractivity contribution in [3.63, 3.8) is 0 Å². The number of para-hydroxylation sites is 2. The fourth-order valence-corrected chi connectivity index (χ4v) is 3.75. The van der Waals surface area contributed by atoms with Gasteiger partial charge in [-0.05, 0) is 38.4 Å². The van der Waals surface area contributed by atoms with Crippen LogP contribution in [0.25, 0.3) is 11.1 Å². The van der Waals surface area contributed by atoms with Crippen molar-refractivity contribution in [3.05, 3.63) is 24.3 Å². The van der Waals surface area contributed by atoms with E-state index < -0.39 is 0 Å². The zero-order chi connectivity index (χ0) is 12.4. The Kier molecular flexibility index (Phi) is 3.57. The number of hydrogen-bond donors (Lipinski definition) is 1. The van der Waals surface area contributed by atoms with Gasteiger partial charge in [0.05, 0.1) is 0 Å². The van der Waals surface area contributed by atoms with Crippen LogP contribution in [0.3, 0.4) is 0 Å². The summed E-state index contributed by atoms with van der Waals surface area (Å²) in [6.45, 7) is 0. The van der Waals surface area contributed by atoms with Gasteiger partial charge in [-0.25, -0.2) is 4.98 Å². The van der Waals surface area contributed by atoms with Crippen LogP contribution in [0.5, 0.6) is 0 Å². The highest BCUT2D eigenvalue weighted by Gasteiger charge is 2.23. The second-order valence-corrected chi connectivity index (χ2v) is 6.09. The molecule has 2 atom stereocenters.